The highest BCUT2D eigenvalue weighted by molar-refractivity contribution is 6.32. The van der Waals surface area contributed by atoms with Crippen LogP contribution in [0.25, 0.3) is 0 Å². The van der Waals surface area contributed by atoms with Gasteiger partial charge in [0.15, 0.2) is 6.10 Å². The van der Waals surface area contributed by atoms with Crippen molar-refractivity contribution in [2.45, 2.75) is 53.2 Å². The molecule has 4 nitrogen and oxygen atoms in total. The van der Waals surface area contributed by atoms with E-state index in [2.05, 4.69) is 19.2 Å². The summed E-state index contributed by atoms with van der Waals surface area (Å²) in [4.78, 5) is 12.8. The van der Waals surface area contributed by atoms with Crippen molar-refractivity contribution in [3.05, 3.63) is 58.1 Å². The van der Waals surface area contributed by atoms with Crippen LogP contribution in [0.2, 0.25) is 5.02 Å². The van der Waals surface area contributed by atoms with Crippen LogP contribution in [-0.4, -0.2) is 19.1 Å². The number of amides is 1. The fourth-order valence-electron chi connectivity index (χ4n) is 3.11. The topological polar surface area (TPSA) is 47.6 Å². The normalized spacial score (nSPS) is 13.1. The van der Waals surface area contributed by atoms with E-state index in [0.717, 1.165) is 33.9 Å². The zero-order chi connectivity index (χ0) is 20.8. The van der Waals surface area contributed by atoms with Crippen LogP contribution in [0.15, 0.2) is 36.4 Å². The summed E-state index contributed by atoms with van der Waals surface area (Å²) in [6.07, 6.45) is 0.220. The Morgan fingerprint density at radius 3 is 2.11 bits per heavy atom. The Morgan fingerprint density at radius 2 is 1.61 bits per heavy atom. The summed E-state index contributed by atoms with van der Waals surface area (Å²) < 4.78 is 11.1. The smallest absolute Gasteiger partial charge is 0.261 e. The molecule has 0 bridgehead atoms. The van der Waals surface area contributed by atoms with E-state index in [1.165, 1.54) is 0 Å². The molecule has 1 N–H and O–H groups in total. The predicted molar refractivity (Wildman–Crippen MR) is 114 cm³/mol. The largest absolute Gasteiger partial charge is 0.497 e. The van der Waals surface area contributed by atoms with Gasteiger partial charge in [-0.1, -0.05) is 37.6 Å². The molecule has 0 radical (unpaired) electrons. The van der Waals surface area contributed by atoms with Gasteiger partial charge in [0, 0.05) is 5.02 Å². The van der Waals surface area contributed by atoms with E-state index in [4.69, 9.17) is 21.1 Å². The summed E-state index contributed by atoms with van der Waals surface area (Å²) in [5.74, 6) is 1.73. The number of carbonyl (C=O) groups is 1. The highest BCUT2D eigenvalue weighted by Crippen LogP contribution is 2.27. The summed E-state index contributed by atoms with van der Waals surface area (Å²) >= 11 is 6.21. The van der Waals surface area contributed by atoms with Crippen LogP contribution in [-0.2, 0) is 4.79 Å². The van der Waals surface area contributed by atoms with E-state index >= 15 is 0 Å². The summed E-state index contributed by atoms with van der Waals surface area (Å²) in [5.41, 5.74) is 2.91. The maximum atomic E-state index is 12.8. The van der Waals surface area contributed by atoms with Crippen molar-refractivity contribution < 1.29 is 14.3 Å². The van der Waals surface area contributed by atoms with Crippen molar-refractivity contribution in [3.63, 3.8) is 0 Å². The Hall–Kier alpha value is -2.20. The third-order valence-corrected chi connectivity index (χ3v) is 5.23. The SMILES string of the molecule is COc1ccc([C@H](CC(C)C)NC(=O)[C@@H](C)Oc2cc(C)c(Cl)c(C)c2)cc1. The summed E-state index contributed by atoms with van der Waals surface area (Å²) in [6.45, 7) is 9.89. The predicted octanol–water partition coefficient (Wildman–Crippen LogP) is 5.64. The van der Waals surface area contributed by atoms with Crippen LogP contribution >= 0.6 is 11.6 Å². The molecule has 5 heteroatoms. The minimum atomic E-state index is -0.618. The number of rotatable bonds is 8. The molecule has 0 aromatic heterocycles. The van der Waals surface area contributed by atoms with Gasteiger partial charge in [0.25, 0.3) is 5.91 Å². The number of hydrogen-bond acceptors (Lipinski definition) is 3. The number of halogens is 1. The zero-order valence-corrected chi connectivity index (χ0v) is 18.3. The average molecular weight is 404 g/mol. The first-order chi connectivity index (χ1) is 13.2. The van der Waals surface area contributed by atoms with Gasteiger partial charge in [-0.05, 0) is 74.1 Å². The van der Waals surface area contributed by atoms with Gasteiger partial charge in [0.05, 0.1) is 13.2 Å². The fourth-order valence-corrected chi connectivity index (χ4v) is 3.22. The van der Waals surface area contributed by atoms with Gasteiger partial charge in [-0.25, -0.2) is 0 Å². The van der Waals surface area contributed by atoms with Crippen LogP contribution in [0.5, 0.6) is 11.5 Å². The van der Waals surface area contributed by atoms with Gasteiger partial charge >= 0.3 is 0 Å². The average Bonchev–Trinajstić information content (AvgIpc) is 2.65. The molecule has 0 heterocycles. The van der Waals surface area contributed by atoms with Crippen molar-refractivity contribution in [2.24, 2.45) is 5.92 Å². The molecule has 0 saturated heterocycles. The monoisotopic (exact) mass is 403 g/mol. The second-order valence-electron chi connectivity index (χ2n) is 7.60. The zero-order valence-electron chi connectivity index (χ0n) is 17.5. The summed E-state index contributed by atoms with van der Waals surface area (Å²) in [5, 5.41) is 3.86. The molecule has 2 rings (SSSR count). The number of benzene rings is 2. The molecule has 0 unspecified atom stereocenters. The molecule has 2 atom stereocenters. The Labute approximate surface area is 173 Å². The lowest BCUT2D eigenvalue weighted by atomic mass is 9.96. The summed E-state index contributed by atoms with van der Waals surface area (Å²) in [6, 6.07) is 11.4. The second kappa shape index (κ2) is 9.83. The maximum Gasteiger partial charge on any atom is 0.261 e. The lowest BCUT2D eigenvalue weighted by Crippen LogP contribution is -2.39. The highest BCUT2D eigenvalue weighted by atomic mass is 35.5. The van der Waals surface area contributed by atoms with Gasteiger partial charge < -0.3 is 14.8 Å². The van der Waals surface area contributed by atoms with E-state index in [0.29, 0.717) is 11.7 Å². The minimum absolute atomic E-state index is 0.0850. The van der Waals surface area contributed by atoms with Crippen LogP contribution in [0.1, 0.15) is 49.9 Å². The minimum Gasteiger partial charge on any atom is -0.497 e. The van der Waals surface area contributed by atoms with Gasteiger partial charge in [0.1, 0.15) is 11.5 Å². The Kier molecular flexibility index (Phi) is 7.76. The van der Waals surface area contributed by atoms with Crippen molar-refractivity contribution in [2.75, 3.05) is 7.11 Å². The van der Waals surface area contributed by atoms with Crippen molar-refractivity contribution >= 4 is 17.5 Å². The maximum absolute atomic E-state index is 12.8. The van der Waals surface area contributed by atoms with Crippen LogP contribution in [0, 0.1) is 19.8 Å². The van der Waals surface area contributed by atoms with Crippen LogP contribution in [0.4, 0.5) is 0 Å². The van der Waals surface area contributed by atoms with Crippen molar-refractivity contribution in [1.82, 2.24) is 5.32 Å². The molecule has 2 aromatic carbocycles. The fraction of sp³-hybridized carbons (Fsp3) is 0.435. The Balaban J connectivity index is 2.11. The number of ether oxygens (including phenoxy) is 2. The van der Waals surface area contributed by atoms with E-state index in [-0.39, 0.29) is 11.9 Å². The molecule has 0 saturated carbocycles. The first kappa shape index (κ1) is 22.1. The van der Waals surface area contributed by atoms with Gasteiger partial charge in [-0.2, -0.15) is 0 Å². The standard InChI is InChI=1S/C23H30ClNO3/c1-14(2)11-21(18-7-9-19(27-6)10-8-18)25-23(26)17(5)28-20-12-15(3)22(24)16(4)13-20/h7-10,12-14,17,21H,11H2,1-6H3,(H,25,26)/t17-,21+/m1/s1. The number of methoxy groups -OCH3 is 1. The van der Waals surface area contributed by atoms with E-state index < -0.39 is 6.10 Å². The molecule has 152 valence electrons. The molecule has 0 fully saturated rings. The second-order valence-corrected chi connectivity index (χ2v) is 7.97. The number of aryl methyl sites for hydroxylation is 2. The third-order valence-electron chi connectivity index (χ3n) is 4.63. The molecule has 1 amide bonds. The highest BCUT2D eigenvalue weighted by Gasteiger charge is 2.21. The molecule has 0 spiro atoms. The molecule has 0 aliphatic rings. The van der Waals surface area contributed by atoms with Crippen LogP contribution < -0.4 is 14.8 Å². The van der Waals surface area contributed by atoms with Gasteiger partial charge in [-0.15, -0.1) is 0 Å². The Bertz CT molecular complexity index is 779. The van der Waals surface area contributed by atoms with Gasteiger partial charge in [0.2, 0.25) is 0 Å². The lowest BCUT2D eigenvalue weighted by Gasteiger charge is -2.24. The quantitative estimate of drug-likeness (QED) is 0.620. The van der Waals surface area contributed by atoms with Crippen LogP contribution in [0.3, 0.4) is 0 Å². The number of nitrogens with one attached hydrogen (secondary N) is 1. The van der Waals surface area contributed by atoms with E-state index in [9.17, 15) is 4.79 Å². The van der Waals surface area contributed by atoms with Crippen molar-refractivity contribution in [1.29, 1.82) is 0 Å². The third kappa shape index (κ3) is 5.90. The Morgan fingerprint density at radius 1 is 1.04 bits per heavy atom. The first-order valence-electron chi connectivity index (χ1n) is 9.59. The lowest BCUT2D eigenvalue weighted by molar-refractivity contribution is -0.128. The van der Waals surface area contributed by atoms with E-state index in [1.54, 1.807) is 14.0 Å². The molecular formula is C23H30ClNO3. The van der Waals surface area contributed by atoms with Crippen molar-refractivity contribution in [3.8, 4) is 11.5 Å². The molecule has 2 aromatic rings. The molecule has 0 aliphatic carbocycles. The summed E-state index contributed by atoms with van der Waals surface area (Å²) in [7, 11) is 1.64. The van der Waals surface area contributed by atoms with E-state index in [1.807, 2.05) is 50.2 Å². The first-order valence-corrected chi connectivity index (χ1v) is 9.96. The molecular weight excluding hydrogens is 374 g/mol. The molecule has 28 heavy (non-hydrogen) atoms. The molecule has 0 aliphatic heterocycles. The number of hydrogen-bond donors (Lipinski definition) is 1. The van der Waals surface area contributed by atoms with Gasteiger partial charge in [-0.3, -0.25) is 4.79 Å². The number of carbonyl (C=O) groups excluding carboxylic acids is 1.